The fourth-order valence-corrected chi connectivity index (χ4v) is 4.37. The second-order valence-corrected chi connectivity index (χ2v) is 8.65. The fraction of sp³-hybridized carbons (Fsp3) is 0.261. The van der Waals surface area contributed by atoms with Gasteiger partial charge in [-0.05, 0) is 36.2 Å². The minimum absolute atomic E-state index is 0.105. The molecule has 2 aromatic carbocycles. The lowest BCUT2D eigenvalue weighted by atomic mass is 10.1. The summed E-state index contributed by atoms with van der Waals surface area (Å²) < 4.78 is 15.2. The minimum atomic E-state index is -0.559. The van der Waals surface area contributed by atoms with E-state index in [-0.39, 0.29) is 36.2 Å². The van der Waals surface area contributed by atoms with Crippen LogP contribution in [0.25, 0.3) is 5.69 Å². The van der Waals surface area contributed by atoms with Gasteiger partial charge in [-0.2, -0.15) is 0 Å². The molecule has 176 valence electrons. The summed E-state index contributed by atoms with van der Waals surface area (Å²) in [6.45, 7) is 0.517. The highest BCUT2D eigenvalue weighted by Gasteiger charge is 2.27. The molecule has 11 heteroatoms. The monoisotopic (exact) mass is 482 g/mol. The normalized spacial score (nSPS) is 15.5. The first-order valence-electron chi connectivity index (χ1n) is 10.7. The van der Waals surface area contributed by atoms with E-state index >= 15 is 0 Å². The molecule has 0 bridgehead atoms. The van der Waals surface area contributed by atoms with Gasteiger partial charge >= 0.3 is 6.03 Å². The Morgan fingerprint density at radius 1 is 1.12 bits per heavy atom. The van der Waals surface area contributed by atoms with Gasteiger partial charge in [0.25, 0.3) is 0 Å². The number of hydrogen-bond acceptors (Lipinski definition) is 6. The number of carbonyl (C=O) groups is 3. The third-order valence-corrected chi connectivity index (χ3v) is 6.07. The van der Waals surface area contributed by atoms with Crippen LogP contribution in [0.15, 0.2) is 59.8 Å². The van der Waals surface area contributed by atoms with Crippen molar-refractivity contribution in [2.75, 3.05) is 12.3 Å². The summed E-state index contributed by atoms with van der Waals surface area (Å²) in [5, 5.41) is 16.7. The molecule has 1 saturated heterocycles. The molecule has 34 heavy (non-hydrogen) atoms. The van der Waals surface area contributed by atoms with Crippen molar-refractivity contribution >= 4 is 29.6 Å². The van der Waals surface area contributed by atoms with Crippen molar-refractivity contribution in [3.05, 3.63) is 71.8 Å². The Hall–Kier alpha value is -3.73. The van der Waals surface area contributed by atoms with Gasteiger partial charge in [-0.3, -0.25) is 19.5 Å². The zero-order chi connectivity index (χ0) is 23.9. The van der Waals surface area contributed by atoms with E-state index in [9.17, 15) is 18.8 Å². The lowest BCUT2D eigenvalue weighted by molar-refractivity contribution is -0.121. The van der Waals surface area contributed by atoms with E-state index in [4.69, 9.17) is 0 Å². The van der Waals surface area contributed by atoms with Crippen molar-refractivity contribution in [1.82, 2.24) is 30.7 Å². The SMILES string of the molecule is O=C(CSc1nnc(CC2CC(=O)NC(=O)N2)n1-c1ccc(F)cc1)NCCc1ccccc1. The first-order valence-corrected chi connectivity index (χ1v) is 11.7. The first-order chi connectivity index (χ1) is 16.5. The predicted octanol–water partition coefficient (Wildman–Crippen LogP) is 2.00. The van der Waals surface area contributed by atoms with Crippen LogP contribution in [0.2, 0.25) is 0 Å². The zero-order valence-electron chi connectivity index (χ0n) is 18.2. The van der Waals surface area contributed by atoms with Crippen molar-refractivity contribution in [2.45, 2.75) is 30.5 Å². The van der Waals surface area contributed by atoms with Crippen LogP contribution in [0.1, 0.15) is 17.8 Å². The average Bonchev–Trinajstić information content (AvgIpc) is 3.20. The lowest BCUT2D eigenvalue weighted by Crippen LogP contribution is -2.53. The molecule has 4 rings (SSSR count). The second-order valence-electron chi connectivity index (χ2n) is 7.71. The Labute approximate surface area is 199 Å². The molecule has 1 fully saturated rings. The van der Waals surface area contributed by atoms with E-state index in [1.165, 1.54) is 23.9 Å². The Kier molecular flexibility index (Phi) is 7.53. The number of aromatic nitrogens is 3. The molecule has 0 saturated carbocycles. The standard InChI is InChI=1S/C23H23FN6O3S/c24-16-6-8-18(9-7-16)30-19(12-17-13-20(31)27-22(33)26-17)28-29-23(30)34-14-21(32)25-11-10-15-4-2-1-3-5-15/h1-9,17H,10-14H2,(H,25,32)(H2,26,27,31,33). The van der Waals surface area contributed by atoms with Crippen LogP contribution < -0.4 is 16.0 Å². The second kappa shape index (κ2) is 10.9. The molecule has 0 spiro atoms. The number of hydrogen-bond donors (Lipinski definition) is 3. The number of halogens is 1. The van der Waals surface area contributed by atoms with Gasteiger partial charge in [-0.25, -0.2) is 9.18 Å². The van der Waals surface area contributed by atoms with Gasteiger partial charge in [0.1, 0.15) is 11.6 Å². The van der Waals surface area contributed by atoms with Crippen molar-refractivity contribution in [3.8, 4) is 5.69 Å². The summed E-state index contributed by atoms with van der Waals surface area (Å²) in [4.78, 5) is 35.7. The van der Waals surface area contributed by atoms with Crippen LogP contribution in [0.4, 0.5) is 9.18 Å². The number of imide groups is 1. The van der Waals surface area contributed by atoms with Gasteiger partial charge in [0, 0.05) is 31.1 Å². The number of rotatable bonds is 9. The molecule has 3 aromatic rings. The molecule has 0 aliphatic carbocycles. The molecule has 2 heterocycles. The van der Waals surface area contributed by atoms with Crippen molar-refractivity contribution in [3.63, 3.8) is 0 Å². The van der Waals surface area contributed by atoms with Gasteiger partial charge in [-0.1, -0.05) is 42.1 Å². The highest BCUT2D eigenvalue weighted by atomic mass is 32.2. The molecular formula is C23H23FN6O3S. The molecule has 9 nitrogen and oxygen atoms in total. The molecule has 1 aliphatic heterocycles. The van der Waals surface area contributed by atoms with Crippen LogP contribution in [-0.2, 0) is 22.4 Å². The van der Waals surface area contributed by atoms with E-state index in [2.05, 4.69) is 26.1 Å². The number of amides is 4. The predicted molar refractivity (Wildman–Crippen MR) is 124 cm³/mol. The number of carbonyl (C=O) groups excluding carboxylic acids is 3. The summed E-state index contributed by atoms with van der Waals surface area (Å²) in [7, 11) is 0. The molecule has 0 radical (unpaired) electrons. The number of nitrogens with one attached hydrogen (secondary N) is 3. The van der Waals surface area contributed by atoms with Crippen LogP contribution in [0.3, 0.4) is 0 Å². The Balaban J connectivity index is 1.43. The Bertz CT molecular complexity index is 1150. The molecule has 1 aliphatic rings. The highest BCUT2D eigenvalue weighted by Crippen LogP contribution is 2.23. The first kappa shape index (κ1) is 23.4. The smallest absolute Gasteiger partial charge is 0.321 e. The summed E-state index contributed by atoms with van der Waals surface area (Å²) in [6.07, 6.45) is 1.08. The van der Waals surface area contributed by atoms with E-state index in [1.54, 1.807) is 16.7 Å². The molecule has 3 N–H and O–H groups in total. The topological polar surface area (TPSA) is 118 Å². The van der Waals surface area contributed by atoms with Crippen LogP contribution in [0.5, 0.6) is 0 Å². The molecular weight excluding hydrogens is 459 g/mol. The fourth-order valence-electron chi connectivity index (χ4n) is 3.57. The number of urea groups is 1. The number of nitrogens with zero attached hydrogens (tertiary/aromatic N) is 3. The maximum Gasteiger partial charge on any atom is 0.321 e. The average molecular weight is 483 g/mol. The summed E-state index contributed by atoms with van der Waals surface area (Å²) in [5.41, 5.74) is 1.75. The van der Waals surface area contributed by atoms with Gasteiger partial charge in [-0.15, -0.1) is 10.2 Å². The lowest BCUT2D eigenvalue weighted by Gasteiger charge is -2.23. The van der Waals surface area contributed by atoms with Gasteiger partial charge < -0.3 is 10.6 Å². The van der Waals surface area contributed by atoms with E-state index in [0.29, 0.717) is 23.2 Å². The molecule has 1 atom stereocenters. The maximum absolute atomic E-state index is 13.5. The molecule has 1 unspecified atom stereocenters. The largest absolute Gasteiger partial charge is 0.355 e. The van der Waals surface area contributed by atoms with Crippen LogP contribution in [-0.4, -0.2) is 50.9 Å². The Morgan fingerprint density at radius 3 is 2.62 bits per heavy atom. The van der Waals surface area contributed by atoms with E-state index in [0.717, 1.165) is 12.0 Å². The van der Waals surface area contributed by atoms with E-state index < -0.39 is 12.1 Å². The minimum Gasteiger partial charge on any atom is -0.355 e. The van der Waals surface area contributed by atoms with Crippen LogP contribution >= 0.6 is 11.8 Å². The van der Waals surface area contributed by atoms with Gasteiger partial charge in [0.15, 0.2) is 5.16 Å². The number of benzene rings is 2. The van der Waals surface area contributed by atoms with Gasteiger partial charge in [0.2, 0.25) is 11.8 Å². The summed E-state index contributed by atoms with van der Waals surface area (Å²) >= 11 is 1.20. The molecule has 1 aromatic heterocycles. The zero-order valence-corrected chi connectivity index (χ0v) is 19.0. The summed E-state index contributed by atoms with van der Waals surface area (Å²) in [5.74, 6) is -0.299. The maximum atomic E-state index is 13.5. The quantitative estimate of drug-likeness (QED) is 0.402. The Morgan fingerprint density at radius 2 is 1.88 bits per heavy atom. The number of thioether (sulfide) groups is 1. The molecule has 4 amide bonds. The summed E-state index contributed by atoms with van der Waals surface area (Å²) in [6, 6.07) is 14.7. The van der Waals surface area contributed by atoms with Crippen molar-refractivity contribution in [2.24, 2.45) is 0 Å². The third-order valence-electron chi connectivity index (χ3n) is 5.15. The van der Waals surface area contributed by atoms with Crippen LogP contribution in [0, 0.1) is 5.82 Å². The van der Waals surface area contributed by atoms with E-state index in [1.807, 2.05) is 30.3 Å². The van der Waals surface area contributed by atoms with Gasteiger partial charge in [0.05, 0.1) is 5.75 Å². The third kappa shape index (κ3) is 6.19. The van der Waals surface area contributed by atoms with Crippen molar-refractivity contribution < 1.29 is 18.8 Å². The highest BCUT2D eigenvalue weighted by molar-refractivity contribution is 7.99. The van der Waals surface area contributed by atoms with Crippen molar-refractivity contribution in [1.29, 1.82) is 0 Å².